The molecule has 0 spiro atoms. The maximum Gasteiger partial charge on any atom is 0.142 e. The molecule has 1 aromatic rings. The number of oxime groups is 1. The number of ether oxygens (including phenoxy) is 1. The molecule has 1 aromatic carbocycles. The molecule has 0 fully saturated rings. The summed E-state index contributed by atoms with van der Waals surface area (Å²) in [4.78, 5) is 5.07. The highest BCUT2D eigenvalue weighted by molar-refractivity contribution is 5.56. The van der Waals surface area contributed by atoms with Crippen LogP contribution in [0.5, 0.6) is 5.75 Å². The van der Waals surface area contributed by atoms with E-state index in [2.05, 4.69) is 5.16 Å². The summed E-state index contributed by atoms with van der Waals surface area (Å²) < 4.78 is 5.04. The van der Waals surface area contributed by atoms with Gasteiger partial charge in [-0.05, 0) is 30.7 Å². The van der Waals surface area contributed by atoms with Crippen molar-refractivity contribution in [1.82, 2.24) is 0 Å². The number of nitrogens with two attached hydrogens (primary N) is 1. The van der Waals surface area contributed by atoms with Gasteiger partial charge in [-0.25, -0.2) is 0 Å². The molecule has 0 aromatic heterocycles. The van der Waals surface area contributed by atoms with E-state index in [-0.39, 0.29) is 0 Å². The Morgan fingerprint density at radius 2 is 2.07 bits per heavy atom. The van der Waals surface area contributed by atoms with E-state index in [1.165, 1.54) is 0 Å². The van der Waals surface area contributed by atoms with Crippen molar-refractivity contribution in [2.45, 2.75) is 13.0 Å². The summed E-state index contributed by atoms with van der Waals surface area (Å²) in [6.07, 6.45) is 2.41. The van der Waals surface area contributed by atoms with Crippen LogP contribution in [-0.4, -0.2) is 19.9 Å². The van der Waals surface area contributed by atoms with Gasteiger partial charge in [0.15, 0.2) is 0 Å². The van der Waals surface area contributed by atoms with Gasteiger partial charge in [-0.15, -0.1) is 0 Å². The Labute approximate surface area is 89.7 Å². The van der Waals surface area contributed by atoms with Crippen LogP contribution in [-0.2, 0) is 11.4 Å². The number of rotatable bonds is 6. The van der Waals surface area contributed by atoms with Crippen LogP contribution in [0.1, 0.15) is 12.0 Å². The van der Waals surface area contributed by atoms with Crippen molar-refractivity contribution in [2.24, 2.45) is 10.9 Å². The fourth-order valence-electron chi connectivity index (χ4n) is 1.01. The van der Waals surface area contributed by atoms with E-state index in [9.17, 15) is 0 Å². The Hall–Kier alpha value is -1.55. The summed E-state index contributed by atoms with van der Waals surface area (Å²) in [6, 6.07) is 7.67. The lowest BCUT2D eigenvalue weighted by Crippen LogP contribution is -1.98. The molecule has 0 amide bonds. The van der Waals surface area contributed by atoms with Crippen LogP contribution >= 0.6 is 0 Å². The minimum Gasteiger partial charge on any atom is -0.497 e. The number of hydrogen-bond donors (Lipinski definition) is 1. The second-order valence-corrected chi connectivity index (χ2v) is 2.99. The summed E-state index contributed by atoms with van der Waals surface area (Å²) >= 11 is 0. The molecule has 0 bridgehead atoms. The van der Waals surface area contributed by atoms with Crippen LogP contribution in [0, 0.1) is 0 Å². The van der Waals surface area contributed by atoms with Gasteiger partial charge in [0, 0.05) is 6.21 Å². The van der Waals surface area contributed by atoms with Gasteiger partial charge < -0.3 is 15.3 Å². The smallest absolute Gasteiger partial charge is 0.142 e. The molecule has 0 saturated heterocycles. The molecule has 0 heterocycles. The third kappa shape index (κ3) is 4.46. The number of nitrogens with zero attached hydrogens (tertiary/aromatic N) is 1. The van der Waals surface area contributed by atoms with Gasteiger partial charge in [-0.1, -0.05) is 17.3 Å². The Kier molecular flexibility index (Phi) is 5.25. The van der Waals surface area contributed by atoms with E-state index in [0.717, 1.165) is 17.7 Å². The molecule has 4 heteroatoms. The van der Waals surface area contributed by atoms with Gasteiger partial charge >= 0.3 is 0 Å². The fraction of sp³-hybridized carbons (Fsp3) is 0.364. The molecule has 4 nitrogen and oxygen atoms in total. The van der Waals surface area contributed by atoms with Gasteiger partial charge in [0.25, 0.3) is 0 Å². The second kappa shape index (κ2) is 6.84. The highest BCUT2D eigenvalue weighted by Gasteiger charge is 1.93. The van der Waals surface area contributed by atoms with Gasteiger partial charge in [0.2, 0.25) is 0 Å². The minimum atomic E-state index is 0.463. The minimum absolute atomic E-state index is 0.463. The lowest BCUT2D eigenvalue weighted by Gasteiger charge is -2.01. The molecule has 0 aliphatic carbocycles. The van der Waals surface area contributed by atoms with Gasteiger partial charge in [0.05, 0.1) is 7.11 Å². The summed E-state index contributed by atoms with van der Waals surface area (Å²) in [7, 11) is 1.64. The normalized spacial score (nSPS) is 10.5. The van der Waals surface area contributed by atoms with Crippen molar-refractivity contribution in [1.29, 1.82) is 0 Å². The molecule has 82 valence electrons. The molecule has 1 rings (SSSR count). The summed E-state index contributed by atoms with van der Waals surface area (Å²) in [5.41, 5.74) is 6.35. The van der Waals surface area contributed by atoms with Crippen LogP contribution in [0.3, 0.4) is 0 Å². The summed E-state index contributed by atoms with van der Waals surface area (Å²) in [5, 5.41) is 3.76. The van der Waals surface area contributed by atoms with E-state index in [4.69, 9.17) is 15.3 Å². The lowest BCUT2D eigenvalue weighted by molar-refractivity contribution is 0.131. The quantitative estimate of drug-likeness (QED) is 0.570. The molecule has 0 unspecified atom stereocenters. The first-order valence-electron chi connectivity index (χ1n) is 4.83. The first-order valence-corrected chi connectivity index (χ1v) is 4.83. The average molecular weight is 208 g/mol. The monoisotopic (exact) mass is 208 g/mol. The highest BCUT2D eigenvalue weighted by Crippen LogP contribution is 2.11. The Balaban J connectivity index is 2.31. The summed E-state index contributed by atoms with van der Waals surface area (Å²) in [6.45, 7) is 1.06. The van der Waals surface area contributed by atoms with E-state index in [1.54, 1.807) is 13.3 Å². The maximum absolute atomic E-state index is 5.29. The topological polar surface area (TPSA) is 56.8 Å². The third-order valence-corrected chi connectivity index (χ3v) is 1.84. The molecule has 0 aliphatic rings. The second-order valence-electron chi connectivity index (χ2n) is 2.99. The van der Waals surface area contributed by atoms with Crippen molar-refractivity contribution in [3.63, 3.8) is 0 Å². The van der Waals surface area contributed by atoms with Crippen molar-refractivity contribution < 1.29 is 9.57 Å². The van der Waals surface area contributed by atoms with Crippen molar-refractivity contribution in [3.8, 4) is 5.75 Å². The Bertz CT molecular complexity index is 296. The van der Waals surface area contributed by atoms with Crippen LogP contribution in [0.2, 0.25) is 0 Å². The number of benzene rings is 1. The zero-order valence-corrected chi connectivity index (χ0v) is 8.85. The molecular formula is C11H16N2O2. The van der Waals surface area contributed by atoms with E-state index in [0.29, 0.717) is 13.2 Å². The Morgan fingerprint density at radius 1 is 1.33 bits per heavy atom. The SMILES string of the molecule is COc1ccc(CON=CCCN)cc1. The third-order valence-electron chi connectivity index (χ3n) is 1.84. The molecule has 0 aliphatic heterocycles. The average Bonchev–Trinajstić information content (AvgIpc) is 2.30. The zero-order chi connectivity index (χ0) is 10.9. The molecule has 2 N–H and O–H groups in total. The van der Waals surface area contributed by atoms with Crippen LogP contribution in [0.4, 0.5) is 0 Å². The predicted molar refractivity (Wildman–Crippen MR) is 59.9 cm³/mol. The highest BCUT2D eigenvalue weighted by atomic mass is 16.6. The van der Waals surface area contributed by atoms with Crippen molar-refractivity contribution in [3.05, 3.63) is 29.8 Å². The number of methoxy groups -OCH3 is 1. The van der Waals surface area contributed by atoms with Gasteiger partial charge in [-0.3, -0.25) is 0 Å². The van der Waals surface area contributed by atoms with Gasteiger partial charge in [0.1, 0.15) is 12.4 Å². The first-order chi connectivity index (χ1) is 7.36. The molecular weight excluding hydrogens is 192 g/mol. The standard InChI is InChI=1S/C11H16N2O2/c1-14-11-5-3-10(4-6-11)9-15-13-8-2-7-12/h3-6,8H,2,7,9,12H2,1H3. The molecule has 0 saturated carbocycles. The van der Waals surface area contributed by atoms with Crippen LogP contribution in [0.25, 0.3) is 0 Å². The molecule has 0 atom stereocenters. The fourth-order valence-corrected chi connectivity index (χ4v) is 1.01. The number of hydrogen-bond acceptors (Lipinski definition) is 4. The van der Waals surface area contributed by atoms with Crippen molar-refractivity contribution in [2.75, 3.05) is 13.7 Å². The Morgan fingerprint density at radius 3 is 2.67 bits per heavy atom. The lowest BCUT2D eigenvalue weighted by atomic mass is 10.2. The largest absolute Gasteiger partial charge is 0.497 e. The van der Waals surface area contributed by atoms with Gasteiger partial charge in [-0.2, -0.15) is 0 Å². The summed E-state index contributed by atoms with van der Waals surface area (Å²) in [5.74, 6) is 0.838. The molecule has 0 radical (unpaired) electrons. The zero-order valence-electron chi connectivity index (χ0n) is 8.85. The first kappa shape index (κ1) is 11.5. The maximum atomic E-state index is 5.29. The predicted octanol–water partition coefficient (Wildman–Crippen LogP) is 1.55. The van der Waals surface area contributed by atoms with Crippen LogP contribution < -0.4 is 10.5 Å². The molecule has 15 heavy (non-hydrogen) atoms. The van der Waals surface area contributed by atoms with E-state index < -0.39 is 0 Å². The van der Waals surface area contributed by atoms with E-state index in [1.807, 2.05) is 24.3 Å². The van der Waals surface area contributed by atoms with Crippen LogP contribution in [0.15, 0.2) is 29.4 Å². The van der Waals surface area contributed by atoms with Crippen molar-refractivity contribution >= 4 is 6.21 Å². The van der Waals surface area contributed by atoms with E-state index >= 15 is 0 Å².